The van der Waals surface area contributed by atoms with Gasteiger partial charge >= 0.3 is 5.69 Å². The number of nitrogens with one attached hydrogen (secondary N) is 1. The van der Waals surface area contributed by atoms with Crippen molar-refractivity contribution in [3.8, 4) is 17.6 Å². The maximum absolute atomic E-state index is 12.3. The van der Waals surface area contributed by atoms with E-state index in [4.69, 9.17) is 21.6 Å². The van der Waals surface area contributed by atoms with E-state index >= 15 is 0 Å². The molecule has 3 rings (SSSR count). The maximum atomic E-state index is 12.3. The number of carbonyl (C=O) groups excluding carboxylic acids is 1. The first-order valence-corrected chi connectivity index (χ1v) is 8.37. The van der Waals surface area contributed by atoms with Gasteiger partial charge in [0, 0.05) is 22.3 Å². The summed E-state index contributed by atoms with van der Waals surface area (Å²) in [6.45, 7) is 0. The molecule has 1 amide bonds. The van der Waals surface area contributed by atoms with Gasteiger partial charge in [0.1, 0.15) is 5.75 Å². The molecule has 138 valence electrons. The van der Waals surface area contributed by atoms with Crippen LogP contribution in [-0.2, 0) is 0 Å². The molecule has 0 aliphatic heterocycles. The summed E-state index contributed by atoms with van der Waals surface area (Å²) in [5, 5.41) is 22.9. The Morgan fingerprint density at radius 1 is 1.07 bits per heavy atom. The van der Waals surface area contributed by atoms with Crippen molar-refractivity contribution in [1.82, 2.24) is 0 Å². The molecule has 0 heterocycles. The Morgan fingerprint density at radius 3 is 2.36 bits per heavy atom. The summed E-state index contributed by atoms with van der Waals surface area (Å²) in [7, 11) is 0. The van der Waals surface area contributed by atoms with Gasteiger partial charge in [-0.2, -0.15) is 5.26 Å². The molecule has 0 aliphatic rings. The Bertz CT molecular complexity index is 1070. The van der Waals surface area contributed by atoms with Crippen molar-refractivity contribution in [2.24, 2.45) is 0 Å². The second kappa shape index (κ2) is 8.20. The Labute approximate surface area is 164 Å². The van der Waals surface area contributed by atoms with Crippen molar-refractivity contribution < 1.29 is 14.5 Å². The van der Waals surface area contributed by atoms with Gasteiger partial charge in [0.05, 0.1) is 16.6 Å². The molecule has 0 aromatic heterocycles. The van der Waals surface area contributed by atoms with Gasteiger partial charge in [-0.25, -0.2) is 0 Å². The van der Waals surface area contributed by atoms with Crippen molar-refractivity contribution in [3.05, 3.63) is 93.0 Å². The molecule has 0 radical (unpaired) electrons. The smallest absolute Gasteiger partial charge is 0.313 e. The predicted molar refractivity (Wildman–Crippen MR) is 104 cm³/mol. The normalized spacial score (nSPS) is 10.0. The molecular weight excluding hydrogens is 382 g/mol. The molecule has 0 fully saturated rings. The quantitative estimate of drug-likeness (QED) is 0.475. The number of halogens is 1. The lowest BCUT2D eigenvalue weighted by Gasteiger charge is -2.08. The molecule has 28 heavy (non-hydrogen) atoms. The average Bonchev–Trinajstić information content (AvgIpc) is 2.70. The number of nitro benzene ring substituents is 1. The molecule has 0 spiro atoms. The van der Waals surface area contributed by atoms with Crippen LogP contribution in [0.2, 0.25) is 5.02 Å². The Balaban J connectivity index is 1.72. The molecule has 1 N–H and O–H groups in total. The van der Waals surface area contributed by atoms with Gasteiger partial charge in [0.15, 0.2) is 0 Å². The molecule has 0 aliphatic carbocycles. The van der Waals surface area contributed by atoms with Crippen LogP contribution in [0.1, 0.15) is 15.9 Å². The number of benzene rings is 3. The first kappa shape index (κ1) is 18.9. The fourth-order valence-electron chi connectivity index (χ4n) is 2.35. The number of ether oxygens (including phenoxy) is 1. The van der Waals surface area contributed by atoms with Crippen molar-refractivity contribution in [3.63, 3.8) is 0 Å². The van der Waals surface area contributed by atoms with Crippen molar-refractivity contribution in [1.29, 1.82) is 5.26 Å². The summed E-state index contributed by atoms with van der Waals surface area (Å²) in [6.07, 6.45) is 0. The first-order valence-electron chi connectivity index (χ1n) is 7.99. The fraction of sp³-hybridized carbons (Fsp3) is 0. The number of nitro groups is 1. The summed E-state index contributed by atoms with van der Waals surface area (Å²) in [5.41, 5.74) is 1.18. The highest BCUT2D eigenvalue weighted by Crippen LogP contribution is 2.33. The topological polar surface area (TPSA) is 105 Å². The van der Waals surface area contributed by atoms with E-state index in [1.807, 2.05) is 6.07 Å². The van der Waals surface area contributed by atoms with Gasteiger partial charge in [-0.05, 0) is 60.7 Å². The van der Waals surface area contributed by atoms with E-state index in [1.54, 1.807) is 24.3 Å². The van der Waals surface area contributed by atoms with Crippen LogP contribution in [0.25, 0.3) is 0 Å². The molecule has 0 atom stereocenters. The van der Waals surface area contributed by atoms with Gasteiger partial charge in [-0.15, -0.1) is 0 Å². The predicted octanol–water partition coefficient (Wildman–Crippen LogP) is 5.16. The Morgan fingerprint density at radius 2 is 1.75 bits per heavy atom. The molecule has 0 bridgehead atoms. The third-order valence-corrected chi connectivity index (χ3v) is 3.97. The number of amides is 1. The van der Waals surface area contributed by atoms with E-state index < -0.39 is 4.92 Å². The van der Waals surface area contributed by atoms with E-state index in [0.29, 0.717) is 22.6 Å². The highest BCUT2D eigenvalue weighted by molar-refractivity contribution is 6.30. The molecule has 0 unspecified atom stereocenters. The van der Waals surface area contributed by atoms with E-state index in [2.05, 4.69) is 5.32 Å². The van der Waals surface area contributed by atoms with Crippen LogP contribution in [0.15, 0.2) is 66.7 Å². The molecule has 0 saturated heterocycles. The largest absolute Gasteiger partial charge is 0.450 e. The number of nitrogens with zero attached hydrogens (tertiary/aromatic N) is 2. The number of hydrogen-bond acceptors (Lipinski definition) is 5. The maximum Gasteiger partial charge on any atom is 0.313 e. The van der Waals surface area contributed by atoms with Gasteiger partial charge in [-0.3, -0.25) is 14.9 Å². The summed E-state index contributed by atoms with van der Waals surface area (Å²) >= 11 is 5.78. The molecule has 3 aromatic rings. The van der Waals surface area contributed by atoms with Crippen LogP contribution in [-0.4, -0.2) is 10.8 Å². The second-order valence-corrected chi connectivity index (χ2v) is 6.08. The Hall–Kier alpha value is -3.89. The number of nitriles is 1. The van der Waals surface area contributed by atoms with E-state index in [9.17, 15) is 14.9 Å². The second-order valence-electron chi connectivity index (χ2n) is 5.64. The number of rotatable bonds is 5. The van der Waals surface area contributed by atoms with E-state index in [-0.39, 0.29) is 22.4 Å². The molecule has 3 aromatic carbocycles. The lowest BCUT2D eigenvalue weighted by Crippen LogP contribution is -2.11. The zero-order valence-electron chi connectivity index (χ0n) is 14.3. The van der Waals surface area contributed by atoms with Crippen LogP contribution < -0.4 is 10.1 Å². The summed E-state index contributed by atoms with van der Waals surface area (Å²) in [5.74, 6) is 0.0401. The Kier molecular flexibility index (Phi) is 5.53. The molecule has 8 heteroatoms. The third-order valence-electron chi connectivity index (χ3n) is 3.73. The lowest BCUT2D eigenvalue weighted by molar-refractivity contribution is -0.385. The van der Waals surface area contributed by atoms with Crippen LogP contribution in [0.5, 0.6) is 11.5 Å². The van der Waals surface area contributed by atoms with Gasteiger partial charge < -0.3 is 10.1 Å². The molecule has 7 nitrogen and oxygen atoms in total. The lowest BCUT2D eigenvalue weighted by atomic mass is 10.2. The van der Waals surface area contributed by atoms with Gasteiger partial charge in [0.2, 0.25) is 5.75 Å². The third kappa shape index (κ3) is 4.44. The van der Waals surface area contributed by atoms with Crippen molar-refractivity contribution in [2.75, 3.05) is 5.32 Å². The minimum atomic E-state index is -0.583. The van der Waals surface area contributed by atoms with Crippen molar-refractivity contribution >= 4 is 28.9 Å². The van der Waals surface area contributed by atoms with Crippen LogP contribution in [0.4, 0.5) is 11.4 Å². The summed E-state index contributed by atoms with van der Waals surface area (Å²) in [6, 6.07) is 18.7. The summed E-state index contributed by atoms with van der Waals surface area (Å²) < 4.78 is 5.54. The fourth-order valence-corrected chi connectivity index (χ4v) is 2.52. The number of anilines is 1. The van der Waals surface area contributed by atoms with Gasteiger partial charge in [0.25, 0.3) is 5.91 Å². The van der Waals surface area contributed by atoms with E-state index in [0.717, 1.165) is 0 Å². The average molecular weight is 394 g/mol. The summed E-state index contributed by atoms with van der Waals surface area (Å²) in [4.78, 5) is 22.8. The first-order chi connectivity index (χ1) is 13.5. The van der Waals surface area contributed by atoms with Gasteiger partial charge in [-0.1, -0.05) is 11.6 Å². The van der Waals surface area contributed by atoms with E-state index in [1.165, 1.54) is 42.5 Å². The minimum absolute atomic E-state index is 0.0455. The zero-order chi connectivity index (χ0) is 20.1. The van der Waals surface area contributed by atoms with Crippen LogP contribution >= 0.6 is 11.6 Å². The highest BCUT2D eigenvalue weighted by atomic mass is 35.5. The zero-order valence-corrected chi connectivity index (χ0v) is 15.0. The molecule has 0 saturated carbocycles. The monoisotopic (exact) mass is 393 g/mol. The van der Waals surface area contributed by atoms with Crippen LogP contribution in [0.3, 0.4) is 0 Å². The molecular formula is C20H12ClN3O4. The van der Waals surface area contributed by atoms with Crippen molar-refractivity contribution in [2.45, 2.75) is 0 Å². The number of carbonyl (C=O) groups is 1. The van der Waals surface area contributed by atoms with Crippen LogP contribution in [0, 0.1) is 21.4 Å². The minimum Gasteiger partial charge on any atom is -0.450 e. The number of hydrogen-bond donors (Lipinski definition) is 1. The SMILES string of the molecule is N#Cc1ccc(NC(=O)c2ccc(Oc3ccc(Cl)cc3[N+](=O)[O-])cc2)cc1. The standard InChI is InChI=1S/C20H12ClN3O4/c21-15-5-10-19(18(11-15)24(26)27)28-17-8-3-14(4-9-17)20(25)23-16-6-1-13(12-22)2-7-16/h1-11H,(H,23,25). The highest BCUT2D eigenvalue weighted by Gasteiger charge is 2.16.